The van der Waals surface area contributed by atoms with Gasteiger partial charge in [-0.2, -0.15) is 0 Å². The third-order valence-corrected chi connectivity index (χ3v) is 2.14. The van der Waals surface area contributed by atoms with Crippen molar-refractivity contribution in [3.05, 3.63) is 35.6 Å². The van der Waals surface area contributed by atoms with Gasteiger partial charge in [0.25, 0.3) is 0 Å². The van der Waals surface area contributed by atoms with Crippen molar-refractivity contribution in [2.75, 3.05) is 7.11 Å². The van der Waals surface area contributed by atoms with Gasteiger partial charge in [0.1, 0.15) is 0 Å². The van der Waals surface area contributed by atoms with Gasteiger partial charge in [0.15, 0.2) is 5.78 Å². The van der Waals surface area contributed by atoms with E-state index in [9.17, 15) is 4.79 Å². The highest BCUT2D eigenvalue weighted by Crippen LogP contribution is 2.17. The first-order valence-electron chi connectivity index (χ1n) is 4.94. The van der Waals surface area contributed by atoms with Crippen molar-refractivity contribution in [1.29, 1.82) is 0 Å². The van der Waals surface area contributed by atoms with Crippen LogP contribution in [0.4, 0.5) is 0 Å². The zero-order chi connectivity index (χ0) is 10.4. The molecule has 0 saturated carbocycles. The molecule has 1 aliphatic rings. The van der Waals surface area contributed by atoms with Crippen molar-refractivity contribution in [1.82, 2.24) is 0 Å². The van der Waals surface area contributed by atoms with E-state index < -0.39 is 0 Å². The Morgan fingerprint density at radius 3 is 2.86 bits per heavy atom. The number of unbranched alkanes of at least 4 members (excludes halogenated alkanes) is 1. The van der Waals surface area contributed by atoms with Crippen LogP contribution in [-0.4, -0.2) is 12.9 Å². The minimum absolute atomic E-state index is 0.131. The summed E-state index contributed by atoms with van der Waals surface area (Å²) in [4.78, 5) is 11.4. The minimum atomic E-state index is 0.131. The third kappa shape index (κ3) is 2.87. The van der Waals surface area contributed by atoms with Crippen LogP contribution >= 0.6 is 0 Å². The smallest absolute Gasteiger partial charge is 0.181 e. The number of ketones is 1. The molecule has 0 unspecified atom stereocenters. The number of rotatable bonds is 4. The number of carbonyl (C=O) groups excluding carboxylic acids is 1. The average molecular weight is 192 g/mol. The molecule has 0 aromatic heterocycles. The number of carbonyl (C=O) groups is 1. The normalized spacial score (nSPS) is 18.6. The molecule has 14 heavy (non-hydrogen) atoms. The molecule has 0 amide bonds. The van der Waals surface area contributed by atoms with Crippen LogP contribution in [0.3, 0.4) is 0 Å². The molecule has 76 valence electrons. The van der Waals surface area contributed by atoms with Gasteiger partial charge in [-0.15, -0.1) is 0 Å². The van der Waals surface area contributed by atoms with E-state index in [1.54, 1.807) is 25.5 Å². The summed E-state index contributed by atoms with van der Waals surface area (Å²) in [5.74, 6) is 0.131. The summed E-state index contributed by atoms with van der Waals surface area (Å²) in [5.41, 5.74) is 1.84. The molecule has 2 nitrogen and oxygen atoms in total. The van der Waals surface area contributed by atoms with Crippen LogP contribution in [0.2, 0.25) is 0 Å². The lowest BCUT2D eigenvalue weighted by atomic mass is 9.97. The molecule has 0 heterocycles. The molecule has 0 aliphatic heterocycles. The van der Waals surface area contributed by atoms with Crippen molar-refractivity contribution in [2.45, 2.75) is 26.2 Å². The molecule has 0 aromatic rings. The Kier molecular flexibility index (Phi) is 4.17. The molecule has 0 spiro atoms. The highest BCUT2D eigenvalue weighted by molar-refractivity contribution is 6.06. The highest BCUT2D eigenvalue weighted by Gasteiger charge is 2.10. The van der Waals surface area contributed by atoms with Gasteiger partial charge in [-0.05, 0) is 31.1 Å². The van der Waals surface area contributed by atoms with Gasteiger partial charge in [-0.3, -0.25) is 4.79 Å². The molecule has 0 aromatic carbocycles. The van der Waals surface area contributed by atoms with E-state index >= 15 is 0 Å². The minimum Gasteiger partial charge on any atom is -0.504 e. The largest absolute Gasteiger partial charge is 0.504 e. The summed E-state index contributed by atoms with van der Waals surface area (Å²) in [6, 6.07) is 0. The maximum atomic E-state index is 11.4. The van der Waals surface area contributed by atoms with Gasteiger partial charge < -0.3 is 4.74 Å². The van der Waals surface area contributed by atoms with Crippen LogP contribution in [0.5, 0.6) is 0 Å². The highest BCUT2D eigenvalue weighted by atomic mass is 16.5. The number of allylic oxidation sites excluding steroid dienone is 5. The van der Waals surface area contributed by atoms with E-state index in [1.807, 2.05) is 6.08 Å². The van der Waals surface area contributed by atoms with Crippen molar-refractivity contribution < 1.29 is 9.53 Å². The fraction of sp³-hybridized carbons (Fsp3) is 0.417. The van der Waals surface area contributed by atoms with E-state index in [2.05, 4.69) is 6.92 Å². The van der Waals surface area contributed by atoms with E-state index in [-0.39, 0.29) is 5.78 Å². The van der Waals surface area contributed by atoms with Crippen LogP contribution in [0.1, 0.15) is 26.2 Å². The quantitative estimate of drug-likeness (QED) is 0.640. The maximum absolute atomic E-state index is 11.4. The predicted octanol–water partition coefficient (Wildman–Crippen LogP) is 2.77. The molecular weight excluding hydrogens is 176 g/mol. The molecule has 0 atom stereocenters. The lowest BCUT2D eigenvalue weighted by molar-refractivity contribution is -0.111. The van der Waals surface area contributed by atoms with E-state index in [0.29, 0.717) is 0 Å². The fourth-order valence-electron chi connectivity index (χ4n) is 1.37. The van der Waals surface area contributed by atoms with Crippen molar-refractivity contribution in [2.24, 2.45) is 0 Å². The van der Waals surface area contributed by atoms with Crippen LogP contribution < -0.4 is 0 Å². The van der Waals surface area contributed by atoms with Gasteiger partial charge in [0.05, 0.1) is 13.4 Å². The Bertz CT molecular complexity index is 295. The Hall–Kier alpha value is -1.31. The standard InChI is InChI=1S/C12H16O2/c1-3-4-5-11-8-10(9-14-2)6-7-12(11)13/h6-9H,3-5H2,1-2H3/b10-9-. The fourth-order valence-corrected chi connectivity index (χ4v) is 1.37. The number of hydrogen-bond donors (Lipinski definition) is 0. The summed E-state index contributed by atoms with van der Waals surface area (Å²) in [7, 11) is 1.61. The van der Waals surface area contributed by atoms with Gasteiger partial charge >= 0.3 is 0 Å². The van der Waals surface area contributed by atoms with Crippen LogP contribution in [0.25, 0.3) is 0 Å². The Morgan fingerprint density at radius 2 is 2.21 bits per heavy atom. The Labute approximate surface area is 85.0 Å². The lowest BCUT2D eigenvalue weighted by Crippen LogP contribution is -2.03. The topological polar surface area (TPSA) is 26.3 Å². The Morgan fingerprint density at radius 1 is 1.43 bits per heavy atom. The number of hydrogen-bond acceptors (Lipinski definition) is 2. The molecule has 0 N–H and O–H groups in total. The zero-order valence-corrected chi connectivity index (χ0v) is 8.75. The van der Waals surface area contributed by atoms with Gasteiger partial charge in [0.2, 0.25) is 0 Å². The molecule has 2 heteroatoms. The first-order valence-corrected chi connectivity index (χ1v) is 4.94. The third-order valence-electron chi connectivity index (χ3n) is 2.14. The van der Waals surface area contributed by atoms with Crippen LogP contribution in [0, 0.1) is 0 Å². The van der Waals surface area contributed by atoms with E-state index in [1.165, 1.54) is 0 Å². The molecule has 1 rings (SSSR count). The zero-order valence-electron chi connectivity index (χ0n) is 8.75. The monoisotopic (exact) mass is 192 g/mol. The first-order chi connectivity index (χ1) is 6.77. The van der Waals surface area contributed by atoms with Crippen molar-refractivity contribution >= 4 is 5.78 Å². The second-order valence-electron chi connectivity index (χ2n) is 3.32. The maximum Gasteiger partial charge on any atom is 0.181 e. The Balaban J connectivity index is 2.70. The summed E-state index contributed by atoms with van der Waals surface area (Å²) < 4.78 is 4.90. The van der Waals surface area contributed by atoms with E-state index in [0.717, 1.165) is 30.4 Å². The molecule has 0 bridgehead atoms. The predicted molar refractivity (Wildman–Crippen MR) is 56.8 cm³/mol. The van der Waals surface area contributed by atoms with Gasteiger partial charge in [0, 0.05) is 11.1 Å². The second kappa shape index (κ2) is 5.43. The molecular formula is C12H16O2. The summed E-state index contributed by atoms with van der Waals surface area (Å²) >= 11 is 0. The van der Waals surface area contributed by atoms with E-state index in [4.69, 9.17) is 4.74 Å². The number of methoxy groups -OCH3 is 1. The summed E-state index contributed by atoms with van der Waals surface area (Å²) in [5, 5.41) is 0. The molecule has 0 radical (unpaired) electrons. The molecule has 0 saturated heterocycles. The summed E-state index contributed by atoms with van der Waals surface area (Å²) in [6.45, 7) is 2.12. The molecule has 0 fully saturated rings. The lowest BCUT2D eigenvalue weighted by Gasteiger charge is -2.08. The van der Waals surface area contributed by atoms with Crippen LogP contribution in [-0.2, 0) is 9.53 Å². The molecule has 1 aliphatic carbocycles. The second-order valence-corrected chi connectivity index (χ2v) is 3.32. The first kappa shape index (κ1) is 10.8. The van der Waals surface area contributed by atoms with Crippen molar-refractivity contribution in [3.8, 4) is 0 Å². The van der Waals surface area contributed by atoms with Crippen LogP contribution in [0.15, 0.2) is 35.6 Å². The van der Waals surface area contributed by atoms with Crippen molar-refractivity contribution in [3.63, 3.8) is 0 Å². The summed E-state index contributed by atoms with van der Waals surface area (Å²) in [6.07, 6.45) is 9.97. The average Bonchev–Trinajstić information content (AvgIpc) is 2.19. The van der Waals surface area contributed by atoms with Gasteiger partial charge in [-0.25, -0.2) is 0 Å². The SMILES string of the molecule is CCCCC1=C/C(=C\OC)C=CC1=O. The van der Waals surface area contributed by atoms with Gasteiger partial charge in [-0.1, -0.05) is 13.3 Å². The number of ether oxygens (including phenoxy) is 1.